The summed E-state index contributed by atoms with van der Waals surface area (Å²) in [6.45, 7) is -1.28. The Kier molecular flexibility index (Phi) is 3.33. The summed E-state index contributed by atoms with van der Waals surface area (Å²) in [5, 5.41) is 1.97. The summed E-state index contributed by atoms with van der Waals surface area (Å²) in [7, 11) is 0. The topological polar surface area (TPSA) is 24.9 Å². The molecule has 0 amide bonds. The van der Waals surface area contributed by atoms with Crippen LogP contribution in [0.2, 0.25) is 0 Å². The van der Waals surface area contributed by atoms with E-state index in [1.807, 2.05) is 5.32 Å². The molecule has 0 saturated heterocycles. The van der Waals surface area contributed by atoms with Crippen LogP contribution < -0.4 is 5.32 Å². The van der Waals surface area contributed by atoms with E-state index in [1.165, 1.54) is 6.07 Å². The van der Waals surface area contributed by atoms with Crippen molar-refractivity contribution in [3.05, 3.63) is 23.8 Å². The van der Waals surface area contributed by atoms with Crippen LogP contribution in [0, 0.1) is 0 Å². The fraction of sp³-hybridized carbons (Fsp3) is 0.300. The van der Waals surface area contributed by atoms with E-state index >= 15 is 0 Å². The summed E-state index contributed by atoms with van der Waals surface area (Å²) < 4.78 is 73.6. The third-order valence-corrected chi connectivity index (χ3v) is 3.15. The molecule has 0 fully saturated rings. The first-order valence-corrected chi connectivity index (χ1v) is 5.75. The van der Waals surface area contributed by atoms with Gasteiger partial charge in [0.15, 0.2) is 5.13 Å². The van der Waals surface area contributed by atoms with E-state index in [0.717, 1.165) is 23.5 Å². The van der Waals surface area contributed by atoms with Crippen molar-refractivity contribution in [2.75, 3.05) is 11.9 Å². The van der Waals surface area contributed by atoms with Crippen molar-refractivity contribution in [1.29, 1.82) is 0 Å². The molecule has 1 heterocycles. The fourth-order valence-corrected chi connectivity index (χ4v) is 2.20. The maximum absolute atomic E-state index is 12.4. The van der Waals surface area contributed by atoms with E-state index in [1.54, 1.807) is 0 Å². The molecule has 0 aliphatic rings. The van der Waals surface area contributed by atoms with Crippen molar-refractivity contribution < 1.29 is 26.3 Å². The number of nitrogens with one attached hydrogen (secondary N) is 1. The number of hydrogen-bond donors (Lipinski definition) is 1. The number of hydrogen-bond acceptors (Lipinski definition) is 3. The zero-order chi connectivity index (χ0) is 14.3. The number of rotatable bonds is 2. The van der Waals surface area contributed by atoms with E-state index < -0.39 is 24.5 Å². The second-order valence-corrected chi connectivity index (χ2v) is 4.70. The van der Waals surface area contributed by atoms with Gasteiger partial charge in [-0.3, -0.25) is 0 Å². The minimum Gasteiger partial charge on any atom is -0.352 e. The lowest BCUT2D eigenvalue weighted by Crippen LogP contribution is -2.21. The highest BCUT2D eigenvalue weighted by Crippen LogP contribution is 2.34. The Hall–Kier alpha value is -1.51. The highest BCUT2D eigenvalue weighted by atomic mass is 32.1. The normalized spacial score (nSPS) is 12.9. The molecule has 2 aromatic rings. The van der Waals surface area contributed by atoms with E-state index in [-0.39, 0.29) is 10.6 Å². The van der Waals surface area contributed by atoms with Gasteiger partial charge < -0.3 is 5.32 Å². The van der Waals surface area contributed by atoms with Gasteiger partial charge in [0.25, 0.3) is 0 Å². The highest BCUT2D eigenvalue weighted by Gasteiger charge is 2.31. The molecule has 19 heavy (non-hydrogen) atoms. The van der Waals surface area contributed by atoms with Crippen LogP contribution in [-0.4, -0.2) is 17.7 Å². The van der Waals surface area contributed by atoms with Gasteiger partial charge in [0.1, 0.15) is 6.54 Å². The number of anilines is 1. The molecule has 0 spiro atoms. The summed E-state index contributed by atoms with van der Waals surface area (Å²) in [6.07, 6.45) is -8.91. The lowest BCUT2D eigenvalue weighted by molar-refractivity contribution is -0.137. The van der Waals surface area contributed by atoms with Crippen LogP contribution in [0.25, 0.3) is 10.2 Å². The van der Waals surface area contributed by atoms with Crippen molar-refractivity contribution in [3.63, 3.8) is 0 Å². The van der Waals surface area contributed by atoms with Gasteiger partial charge in [-0.2, -0.15) is 26.3 Å². The largest absolute Gasteiger partial charge is 0.416 e. The first kappa shape index (κ1) is 13.9. The maximum atomic E-state index is 12.4. The molecule has 1 aromatic carbocycles. The number of fused-ring (bicyclic) bond motifs is 1. The lowest BCUT2D eigenvalue weighted by Gasteiger charge is -2.05. The highest BCUT2D eigenvalue weighted by molar-refractivity contribution is 7.22. The minimum absolute atomic E-state index is 0.0181. The predicted octanol–water partition coefficient (Wildman–Crippen LogP) is 4.29. The number of halogens is 6. The molecule has 0 saturated carbocycles. The molecule has 1 N–H and O–H groups in total. The number of benzene rings is 1. The Morgan fingerprint density at radius 3 is 2.37 bits per heavy atom. The average molecular weight is 300 g/mol. The van der Waals surface area contributed by atoms with Crippen LogP contribution in [0.15, 0.2) is 18.2 Å². The molecule has 0 unspecified atom stereocenters. The molecule has 9 heteroatoms. The zero-order valence-corrected chi connectivity index (χ0v) is 9.88. The van der Waals surface area contributed by atoms with Gasteiger partial charge >= 0.3 is 12.4 Å². The fourth-order valence-electron chi connectivity index (χ4n) is 1.36. The molecule has 2 nitrogen and oxygen atoms in total. The molecule has 0 radical (unpaired) electrons. The molecule has 104 valence electrons. The van der Waals surface area contributed by atoms with Crippen LogP contribution in [-0.2, 0) is 6.18 Å². The number of alkyl halides is 6. The monoisotopic (exact) mass is 300 g/mol. The quantitative estimate of drug-likeness (QED) is 0.837. The van der Waals surface area contributed by atoms with Crippen LogP contribution in [0.5, 0.6) is 0 Å². The number of aromatic nitrogens is 1. The molecular weight excluding hydrogens is 294 g/mol. The SMILES string of the molecule is FC(F)(F)CNc1nc2cc(C(F)(F)F)ccc2s1. The van der Waals surface area contributed by atoms with Gasteiger partial charge in [0.05, 0.1) is 15.8 Å². The molecule has 0 atom stereocenters. The minimum atomic E-state index is -4.50. The second kappa shape index (κ2) is 4.55. The molecular formula is C10H6F6N2S. The predicted molar refractivity (Wildman–Crippen MR) is 59.2 cm³/mol. The summed E-state index contributed by atoms with van der Waals surface area (Å²) in [5.41, 5.74) is -0.864. The van der Waals surface area contributed by atoms with Gasteiger partial charge in [0.2, 0.25) is 0 Å². The van der Waals surface area contributed by atoms with Crippen molar-refractivity contribution in [2.45, 2.75) is 12.4 Å². The Labute approximate surface area is 107 Å². The number of thiazole rings is 1. The van der Waals surface area contributed by atoms with Crippen molar-refractivity contribution >= 4 is 26.7 Å². The van der Waals surface area contributed by atoms with E-state index in [4.69, 9.17) is 0 Å². The van der Waals surface area contributed by atoms with E-state index in [9.17, 15) is 26.3 Å². The summed E-state index contributed by atoms with van der Waals surface area (Å²) in [4.78, 5) is 3.70. The average Bonchev–Trinajstić information content (AvgIpc) is 2.65. The molecule has 0 bridgehead atoms. The third-order valence-electron chi connectivity index (χ3n) is 2.15. The molecule has 1 aromatic heterocycles. The Balaban J connectivity index is 2.26. The zero-order valence-electron chi connectivity index (χ0n) is 9.06. The van der Waals surface area contributed by atoms with Crippen LogP contribution >= 0.6 is 11.3 Å². The summed E-state index contributed by atoms with van der Waals surface area (Å²) >= 11 is 0.868. The Bertz CT molecular complexity index is 586. The first-order chi connectivity index (χ1) is 8.65. The standard InChI is InChI=1S/C10H6F6N2S/c11-9(12,13)4-17-8-18-6-3-5(10(14,15)16)1-2-7(6)19-8/h1-3H,4H2,(H,17,18). The van der Waals surface area contributed by atoms with E-state index in [0.29, 0.717) is 4.70 Å². The Morgan fingerprint density at radius 1 is 1.11 bits per heavy atom. The van der Waals surface area contributed by atoms with Gasteiger partial charge in [-0.25, -0.2) is 4.98 Å². The molecule has 0 aliphatic carbocycles. The second-order valence-electron chi connectivity index (χ2n) is 3.67. The number of nitrogens with zero attached hydrogens (tertiary/aromatic N) is 1. The van der Waals surface area contributed by atoms with Crippen molar-refractivity contribution in [1.82, 2.24) is 4.98 Å². The van der Waals surface area contributed by atoms with Gasteiger partial charge in [-0.15, -0.1) is 0 Å². The van der Waals surface area contributed by atoms with Gasteiger partial charge in [0, 0.05) is 0 Å². The van der Waals surface area contributed by atoms with Crippen molar-refractivity contribution in [3.8, 4) is 0 Å². The van der Waals surface area contributed by atoms with Gasteiger partial charge in [-0.1, -0.05) is 11.3 Å². The van der Waals surface area contributed by atoms with Crippen LogP contribution in [0.4, 0.5) is 31.5 Å². The van der Waals surface area contributed by atoms with Gasteiger partial charge in [-0.05, 0) is 18.2 Å². The summed E-state index contributed by atoms with van der Waals surface area (Å²) in [5.74, 6) is 0. The first-order valence-electron chi connectivity index (χ1n) is 4.93. The summed E-state index contributed by atoms with van der Waals surface area (Å²) in [6, 6.07) is 2.87. The maximum Gasteiger partial charge on any atom is 0.416 e. The Morgan fingerprint density at radius 2 is 1.79 bits per heavy atom. The lowest BCUT2D eigenvalue weighted by atomic mass is 10.2. The smallest absolute Gasteiger partial charge is 0.352 e. The third kappa shape index (κ3) is 3.49. The van der Waals surface area contributed by atoms with E-state index in [2.05, 4.69) is 4.98 Å². The molecule has 2 rings (SSSR count). The van der Waals surface area contributed by atoms with Crippen LogP contribution in [0.1, 0.15) is 5.56 Å². The molecule has 0 aliphatic heterocycles. The van der Waals surface area contributed by atoms with Crippen molar-refractivity contribution in [2.24, 2.45) is 0 Å². The van der Waals surface area contributed by atoms with Crippen LogP contribution in [0.3, 0.4) is 0 Å².